The Balaban J connectivity index is 0.000000246. The first kappa shape index (κ1) is 16.0. The average molecular weight is 294 g/mol. The fourth-order valence-corrected chi connectivity index (χ4v) is 1.58. The third-order valence-electron chi connectivity index (χ3n) is 2.44. The van der Waals surface area contributed by atoms with E-state index in [-0.39, 0.29) is 12.5 Å². The highest BCUT2D eigenvalue weighted by Crippen LogP contribution is 2.18. The number of amides is 1. The number of carboxylic acids is 1. The van der Waals surface area contributed by atoms with Crippen molar-refractivity contribution in [1.29, 1.82) is 0 Å². The summed E-state index contributed by atoms with van der Waals surface area (Å²) in [7, 11) is 0. The molecule has 0 radical (unpaired) electrons. The lowest BCUT2D eigenvalue weighted by Gasteiger charge is -2.27. The molecule has 0 aliphatic carbocycles. The lowest BCUT2D eigenvalue weighted by atomic mass is 10.3. The van der Waals surface area contributed by atoms with Crippen LogP contribution >= 0.6 is 0 Å². The Morgan fingerprint density at radius 3 is 2.50 bits per heavy atom. The molecule has 0 saturated carbocycles. The maximum absolute atomic E-state index is 11.4. The van der Waals surface area contributed by atoms with Crippen molar-refractivity contribution in [2.24, 2.45) is 5.73 Å². The standard InChI is InChI=1S/C8H12N4O.C2HF3O2/c9-6-8(13)11-4-1-5-12-7(11)2-3-10-12;3-2(4,5)1(6)7/h2-3H,1,4-6,9H2;(H,6,7). The van der Waals surface area contributed by atoms with Gasteiger partial charge in [0.15, 0.2) is 0 Å². The number of aromatic nitrogens is 2. The Morgan fingerprint density at radius 2 is 2.00 bits per heavy atom. The molecule has 20 heavy (non-hydrogen) atoms. The number of rotatable bonds is 1. The fourth-order valence-electron chi connectivity index (χ4n) is 1.58. The lowest BCUT2D eigenvalue weighted by Crippen LogP contribution is -2.41. The summed E-state index contributed by atoms with van der Waals surface area (Å²) in [5.41, 5.74) is 5.31. The Hall–Kier alpha value is -2.10. The summed E-state index contributed by atoms with van der Waals surface area (Å²) in [6.45, 7) is 1.70. The van der Waals surface area contributed by atoms with E-state index in [1.807, 2.05) is 10.7 Å². The van der Waals surface area contributed by atoms with Crippen LogP contribution in [0.3, 0.4) is 0 Å². The minimum atomic E-state index is -5.08. The molecular formula is C10H13F3N4O3. The molecule has 3 N–H and O–H groups in total. The number of carboxylic acid groups (broad SMARTS) is 1. The zero-order valence-electron chi connectivity index (χ0n) is 10.3. The maximum atomic E-state index is 11.4. The molecule has 0 unspecified atom stereocenters. The number of anilines is 1. The van der Waals surface area contributed by atoms with Gasteiger partial charge < -0.3 is 10.8 Å². The third-order valence-corrected chi connectivity index (χ3v) is 2.44. The van der Waals surface area contributed by atoms with E-state index in [4.69, 9.17) is 15.6 Å². The van der Waals surface area contributed by atoms with Crippen LogP contribution < -0.4 is 10.6 Å². The summed E-state index contributed by atoms with van der Waals surface area (Å²) in [4.78, 5) is 22.0. The Bertz CT molecular complexity index is 486. The Kier molecular flexibility index (Phi) is 5.08. The molecule has 10 heteroatoms. The molecule has 2 heterocycles. The van der Waals surface area contributed by atoms with Crippen molar-refractivity contribution in [3.8, 4) is 0 Å². The van der Waals surface area contributed by atoms with Gasteiger partial charge in [-0.3, -0.25) is 9.69 Å². The van der Waals surface area contributed by atoms with Gasteiger partial charge in [-0.05, 0) is 6.42 Å². The smallest absolute Gasteiger partial charge is 0.475 e. The van der Waals surface area contributed by atoms with Crippen LogP contribution in [0.5, 0.6) is 0 Å². The molecule has 1 aliphatic heterocycles. The van der Waals surface area contributed by atoms with Crippen LogP contribution in [0.2, 0.25) is 0 Å². The zero-order chi connectivity index (χ0) is 15.3. The van der Waals surface area contributed by atoms with Crippen LogP contribution in [0.15, 0.2) is 12.3 Å². The molecule has 0 atom stereocenters. The van der Waals surface area contributed by atoms with Crippen LogP contribution in [0, 0.1) is 0 Å². The quantitative estimate of drug-likeness (QED) is 0.771. The number of nitrogens with zero attached hydrogens (tertiary/aromatic N) is 3. The van der Waals surface area contributed by atoms with Crippen LogP contribution in [-0.4, -0.2) is 46.0 Å². The second-order valence-electron chi connectivity index (χ2n) is 3.82. The SMILES string of the molecule is NCC(=O)N1CCCn2nccc21.O=C(O)C(F)(F)F. The second kappa shape index (κ2) is 6.37. The summed E-state index contributed by atoms with van der Waals surface area (Å²) in [6.07, 6.45) is -2.43. The van der Waals surface area contributed by atoms with Gasteiger partial charge in [-0.1, -0.05) is 0 Å². The first-order valence-electron chi connectivity index (χ1n) is 5.59. The molecule has 1 aromatic heterocycles. The predicted molar refractivity (Wildman–Crippen MR) is 61.9 cm³/mol. The molecule has 0 aromatic carbocycles. The Morgan fingerprint density at radius 1 is 1.40 bits per heavy atom. The highest BCUT2D eigenvalue weighted by Gasteiger charge is 2.38. The van der Waals surface area contributed by atoms with Crippen molar-refractivity contribution in [1.82, 2.24) is 9.78 Å². The largest absolute Gasteiger partial charge is 0.490 e. The highest BCUT2D eigenvalue weighted by molar-refractivity contribution is 5.94. The normalized spacial score (nSPS) is 14.1. The molecule has 112 valence electrons. The van der Waals surface area contributed by atoms with Gasteiger partial charge >= 0.3 is 12.1 Å². The molecule has 0 fully saturated rings. The number of hydrogen-bond acceptors (Lipinski definition) is 4. The topological polar surface area (TPSA) is 101 Å². The molecule has 0 bridgehead atoms. The third kappa shape index (κ3) is 3.95. The van der Waals surface area contributed by atoms with Gasteiger partial charge in [-0.15, -0.1) is 0 Å². The van der Waals surface area contributed by atoms with E-state index in [2.05, 4.69) is 5.10 Å². The van der Waals surface area contributed by atoms with E-state index in [0.29, 0.717) is 0 Å². The lowest BCUT2D eigenvalue weighted by molar-refractivity contribution is -0.192. The van der Waals surface area contributed by atoms with Crippen LogP contribution in [0.4, 0.5) is 19.0 Å². The molecule has 7 nitrogen and oxygen atoms in total. The number of carbonyl (C=O) groups excluding carboxylic acids is 1. The zero-order valence-corrected chi connectivity index (χ0v) is 10.3. The van der Waals surface area contributed by atoms with Crippen LogP contribution in [0.25, 0.3) is 0 Å². The molecule has 1 amide bonds. The van der Waals surface area contributed by atoms with Gasteiger partial charge in [0.1, 0.15) is 5.82 Å². The number of hydrogen-bond donors (Lipinski definition) is 2. The van der Waals surface area contributed by atoms with Crippen molar-refractivity contribution >= 4 is 17.7 Å². The van der Waals surface area contributed by atoms with E-state index in [0.717, 1.165) is 25.3 Å². The minimum Gasteiger partial charge on any atom is -0.475 e. The Labute approximate surface area is 111 Å². The maximum Gasteiger partial charge on any atom is 0.490 e. The van der Waals surface area contributed by atoms with Crippen molar-refractivity contribution in [2.45, 2.75) is 19.1 Å². The first-order valence-corrected chi connectivity index (χ1v) is 5.59. The van der Waals surface area contributed by atoms with Crippen molar-refractivity contribution in [3.63, 3.8) is 0 Å². The summed E-state index contributed by atoms with van der Waals surface area (Å²) in [5.74, 6) is -1.93. The monoisotopic (exact) mass is 294 g/mol. The van der Waals surface area contributed by atoms with Gasteiger partial charge in [0.05, 0.1) is 12.7 Å². The van der Waals surface area contributed by atoms with Crippen LogP contribution in [0.1, 0.15) is 6.42 Å². The van der Waals surface area contributed by atoms with E-state index < -0.39 is 12.1 Å². The first-order chi connectivity index (χ1) is 9.27. The fraction of sp³-hybridized carbons (Fsp3) is 0.500. The second-order valence-corrected chi connectivity index (χ2v) is 3.82. The summed E-state index contributed by atoms with van der Waals surface area (Å²) < 4.78 is 33.6. The van der Waals surface area contributed by atoms with Gasteiger partial charge in [-0.2, -0.15) is 18.3 Å². The molecular weight excluding hydrogens is 281 g/mol. The van der Waals surface area contributed by atoms with Crippen molar-refractivity contribution < 1.29 is 27.9 Å². The summed E-state index contributed by atoms with van der Waals surface area (Å²) in [6, 6.07) is 1.84. The van der Waals surface area contributed by atoms with Gasteiger partial charge in [0.25, 0.3) is 0 Å². The number of carbonyl (C=O) groups is 2. The predicted octanol–water partition coefficient (Wildman–Crippen LogP) is 0.212. The van der Waals surface area contributed by atoms with Crippen molar-refractivity contribution in [2.75, 3.05) is 18.0 Å². The number of halogens is 3. The molecule has 2 rings (SSSR count). The van der Waals surface area contributed by atoms with Crippen molar-refractivity contribution in [3.05, 3.63) is 12.3 Å². The van der Waals surface area contributed by atoms with Gasteiger partial charge in [0.2, 0.25) is 5.91 Å². The number of aryl methyl sites for hydroxylation is 1. The highest BCUT2D eigenvalue weighted by atomic mass is 19.4. The number of alkyl halides is 3. The van der Waals surface area contributed by atoms with Gasteiger partial charge in [-0.25, -0.2) is 9.48 Å². The average Bonchev–Trinajstić information content (AvgIpc) is 2.85. The summed E-state index contributed by atoms with van der Waals surface area (Å²) in [5, 5.41) is 11.2. The van der Waals surface area contributed by atoms with Crippen LogP contribution in [-0.2, 0) is 16.1 Å². The molecule has 0 saturated heterocycles. The molecule has 1 aliphatic rings. The molecule has 0 spiro atoms. The summed E-state index contributed by atoms with van der Waals surface area (Å²) >= 11 is 0. The van der Waals surface area contributed by atoms with E-state index >= 15 is 0 Å². The minimum absolute atomic E-state index is 0.0403. The molecule has 1 aromatic rings. The van der Waals surface area contributed by atoms with E-state index in [1.54, 1.807) is 11.1 Å². The van der Waals surface area contributed by atoms with Gasteiger partial charge in [0, 0.05) is 19.2 Å². The number of fused-ring (bicyclic) bond motifs is 1. The van der Waals surface area contributed by atoms with E-state index in [9.17, 15) is 18.0 Å². The number of aliphatic carboxylic acids is 1. The number of nitrogens with two attached hydrogens (primary N) is 1. The van der Waals surface area contributed by atoms with E-state index in [1.165, 1.54) is 0 Å².